The average Bonchev–Trinajstić information content (AvgIpc) is 3.10. The molecule has 16 heavy (non-hydrogen) atoms. The SMILES string of the molecule is O=C1C2CCCCN2C(=O)CN1CC1CC1. The van der Waals surface area contributed by atoms with Crippen LogP contribution >= 0.6 is 0 Å². The summed E-state index contributed by atoms with van der Waals surface area (Å²) in [7, 11) is 0. The van der Waals surface area contributed by atoms with E-state index in [1.54, 1.807) is 9.80 Å². The van der Waals surface area contributed by atoms with Crippen molar-refractivity contribution in [1.82, 2.24) is 9.80 Å². The normalized spacial score (nSPS) is 30.6. The van der Waals surface area contributed by atoms with Gasteiger partial charge in [0.15, 0.2) is 0 Å². The van der Waals surface area contributed by atoms with E-state index in [0.717, 1.165) is 32.4 Å². The molecule has 0 bridgehead atoms. The fourth-order valence-corrected chi connectivity index (χ4v) is 2.80. The topological polar surface area (TPSA) is 40.6 Å². The van der Waals surface area contributed by atoms with E-state index < -0.39 is 0 Å². The van der Waals surface area contributed by atoms with E-state index in [-0.39, 0.29) is 17.9 Å². The van der Waals surface area contributed by atoms with Crippen molar-refractivity contribution in [2.45, 2.75) is 38.1 Å². The number of rotatable bonds is 2. The number of hydrogen-bond donors (Lipinski definition) is 0. The minimum atomic E-state index is -0.131. The monoisotopic (exact) mass is 222 g/mol. The largest absolute Gasteiger partial charge is 0.331 e. The predicted octanol–water partition coefficient (Wildman–Crippen LogP) is 0.620. The predicted molar refractivity (Wildman–Crippen MR) is 58.7 cm³/mol. The van der Waals surface area contributed by atoms with E-state index in [1.807, 2.05) is 0 Å². The van der Waals surface area contributed by atoms with E-state index >= 15 is 0 Å². The summed E-state index contributed by atoms with van der Waals surface area (Å²) < 4.78 is 0. The van der Waals surface area contributed by atoms with Gasteiger partial charge in [-0.05, 0) is 38.0 Å². The van der Waals surface area contributed by atoms with Gasteiger partial charge in [-0.1, -0.05) is 0 Å². The molecule has 3 fully saturated rings. The zero-order valence-electron chi connectivity index (χ0n) is 9.52. The first-order valence-corrected chi connectivity index (χ1v) is 6.34. The van der Waals surface area contributed by atoms with Gasteiger partial charge in [-0.2, -0.15) is 0 Å². The number of nitrogens with zero attached hydrogens (tertiary/aromatic N) is 2. The third-order valence-electron chi connectivity index (χ3n) is 3.92. The van der Waals surface area contributed by atoms with Crippen LogP contribution in [0.25, 0.3) is 0 Å². The van der Waals surface area contributed by atoms with Crippen LogP contribution in [0.2, 0.25) is 0 Å². The van der Waals surface area contributed by atoms with Crippen LogP contribution in [0, 0.1) is 5.92 Å². The molecule has 2 saturated heterocycles. The Labute approximate surface area is 95.6 Å². The Kier molecular flexibility index (Phi) is 2.37. The molecule has 0 aromatic rings. The molecule has 88 valence electrons. The van der Waals surface area contributed by atoms with Gasteiger partial charge in [0.05, 0.1) is 6.54 Å². The second-order valence-electron chi connectivity index (χ2n) is 5.26. The molecule has 3 aliphatic rings. The number of hydrogen-bond acceptors (Lipinski definition) is 2. The minimum absolute atomic E-state index is 0.131. The van der Waals surface area contributed by atoms with Gasteiger partial charge in [0.25, 0.3) is 0 Å². The molecular formula is C12H18N2O2. The lowest BCUT2D eigenvalue weighted by Gasteiger charge is -2.42. The molecule has 3 rings (SSSR count). The molecule has 1 atom stereocenters. The number of amides is 2. The fraction of sp³-hybridized carbons (Fsp3) is 0.833. The second kappa shape index (κ2) is 3.75. The summed E-state index contributed by atoms with van der Waals surface area (Å²) >= 11 is 0. The Morgan fingerprint density at radius 1 is 1.12 bits per heavy atom. The van der Waals surface area contributed by atoms with E-state index in [2.05, 4.69) is 0 Å². The molecule has 1 saturated carbocycles. The average molecular weight is 222 g/mol. The first kappa shape index (κ1) is 10.1. The van der Waals surface area contributed by atoms with Gasteiger partial charge in [0.2, 0.25) is 11.8 Å². The molecule has 2 amide bonds. The maximum absolute atomic E-state index is 12.2. The van der Waals surface area contributed by atoms with Crippen LogP contribution in [0.3, 0.4) is 0 Å². The van der Waals surface area contributed by atoms with Crippen molar-refractivity contribution in [3.63, 3.8) is 0 Å². The first-order chi connectivity index (χ1) is 7.75. The van der Waals surface area contributed by atoms with Gasteiger partial charge < -0.3 is 9.80 Å². The molecule has 0 aromatic heterocycles. The van der Waals surface area contributed by atoms with E-state index in [1.165, 1.54) is 12.8 Å². The number of carbonyl (C=O) groups is 2. The molecule has 4 nitrogen and oxygen atoms in total. The molecule has 1 unspecified atom stereocenters. The third-order valence-corrected chi connectivity index (χ3v) is 3.92. The molecule has 0 aromatic carbocycles. The van der Waals surface area contributed by atoms with E-state index in [4.69, 9.17) is 0 Å². The highest BCUT2D eigenvalue weighted by Gasteiger charge is 2.41. The highest BCUT2D eigenvalue weighted by atomic mass is 16.2. The van der Waals surface area contributed by atoms with Crippen LogP contribution in [0.4, 0.5) is 0 Å². The Hall–Kier alpha value is -1.06. The van der Waals surface area contributed by atoms with Gasteiger partial charge in [-0.25, -0.2) is 0 Å². The third kappa shape index (κ3) is 1.70. The number of carbonyl (C=O) groups excluding carboxylic acids is 2. The van der Waals surface area contributed by atoms with Crippen molar-refractivity contribution >= 4 is 11.8 Å². The summed E-state index contributed by atoms with van der Waals surface area (Å²) in [5.74, 6) is 1.03. The van der Waals surface area contributed by atoms with Crippen LogP contribution in [0.5, 0.6) is 0 Å². The molecule has 0 spiro atoms. The van der Waals surface area contributed by atoms with Crippen molar-refractivity contribution in [2.75, 3.05) is 19.6 Å². The van der Waals surface area contributed by atoms with Gasteiger partial charge >= 0.3 is 0 Å². The molecule has 0 radical (unpaired) electrons. The smallest absolute Gasteiger partial charge is 0.245 e. The number of piperazine rings is 1. The summed E-state index contributed by atoms with van der Waals surface area (Å²) in [6.45, 7) is 1.92. The van der Waals surface area contributed by atoms with Crippen LogP contribution in [-0.2, 0) is 9.59 Å². The molecular weight excluding hydrogens is 204 g/mol. The van der Waals surface area contributed by atoms with Crippen molar-refractivity contribution < 1.29 is 9.59 Å². The molecule has 4 heteroatoms. The van der Waals surface area contributed by atoms with E-state index in [0.29, 0.717) is 12.5 Å². The summed E-state index contributed by atoms with van der Waals surface area (Å²) in [6, 6.07) is -0.131. The van der Waals surface area contributed by atoms with Crippen molar-refractivity contribution in [3.8, 4) is 0 Å². The fourth-order valence-electron chi connectivity index (χ4n) is 2.80. The first-order valence-electron chi connectivity index (χ1n) is 6.34. The van der Waals surface area contributed by atoms with Crippen LogP contribution in [-0.4, -0.2) is 47.3 Å². The lowest BCUT2D eigenvalue weighted by atomic mass is 9.98. The molecule has 2 aliphatic heterocycles. The van der Waals surface area contributed by atoms with Crippen LogP contribution < -0.4 is 0 Å². The van der Waals surface area contributed by atoms with Gasteiger partial charge in [0.1, 0.15) is 6.04 Å². The number of piperidine rings is 1. The Balaban J connectivity index is 1.73. The minimum Gasteiger partial charge on any atom is -0.331 e. The lowest BCUT2D eigenvalue weighted by molar-refractivity contribution is -0.157. The molecule has 1 aliphatic carbocycles. The van der Waals surface area contributed by atoms with Gasteiger partial charge in [-0.3, -0.25) is 9.59 Å². The lowest BCUT2D eigenvalue weighted by Crippen LogP contribution is -2.61. The van der Waals surface area contributed by atoms with Gasteiger partial charge in [0, 0.05) is 13.1 Å². The maximum Gasteiger partial charge on any atom is 0.245 e. The Morgan fingerprint density at radius 3 is 2.69 bits per heavy atom. The van der Waals surface area contributed by atoms with Crippen LogP contribution in [0.1, 0.15) is 32.1 Å². The van der Waals surface area contributed by atoms with Crippen LogP contribution in [0.15, 0.2) is 0 Å². The summed E-state index contributed by atoms with van der Waals surface area (Å²) in [5.41, 5.74) is 0. The standard InChI is InChI=1S/C12H18N2O2/c15-11-8-13(7-9-4-5-9)12(16)10-3-1-2-6-14(10)11/h9-10H,1-8H2. The second-order valence-corrected chi connectivity index (χ2v) is 5.26. The highest BCUT2D eigenvalue weighted by Crippen LogP contribution is 2.31. The van der Waals surface area contributed by atoms with Crippen molar-refractivity contribution in [1.29, 1.82) is 0 Å². The van der Waals surface area contributed by atoms with Gasteiger partial charge in [-0.15, -0.1) is 0 Å². The zero-order valence-corrected chi connectivity index (χ0v) is 9.52. The van der Waals surface area contributed by atoms with Crippen molar-refractivity contribution in [2.24, 2.45) is 5.92 Å². The quantitative estimate of drug-likeness (QED) is 0.687. The highest BCUT2D eigenvalue weighted by molar-refractivity contribution is 5.95. The maximum atomic E-state index is 12.2. The van der Waals surface area contributed by atoms with E-state index in [9.17, 15) is 9.59 Å². The molecule has 0 N–H and O–H groups in total. The number of fused-ring (bicyclic) bond motifs is 1. The summed E-state index contributed by atoms with van der Waals surface area (Å²) in [5, 5.41) is 0. The zero-order chi connectivity index (χ0) is 11.1. The summed E-state index contributed by atoms with van der Waals surface area (Å²) in [4.78, 5) is 27.7. The summed E-state index contributed by atoms with van der Waals surface area (Å²) in [6.07, 6.45) is 5.46. The molecule has 2 heterocycles. The Bertz CT molecular complexity index is 325. The van der Waals surface area contributed by atoms with Crippen molar-refractivity contribution in [3.05, 3.63) is 0 Å². The Morgan fingerprint density at radius 2 is 1.94 bits per heavy atom.